The average molecular weight is 540 g/mol. The maximum Gasteiger partial charge on any atom is 0.262 e. The number of halogens is 4. The molecule has 3 aromatic rings. The molecule has 196 valence electrons. The standard InChI is InChI=1S/C29H25ClF3N3O2/c30-22-7-4-8-24(32)27(22)29(38)36-16-20-14-35(15-21(20)17-36)12-11-26(18-5-2-1-3-6-18)34-28(37)19-9-10-23(31)25(33)13-19/h1-10,13,16,21,26H,11-12,14-15,17H2,(H,34,37)/t21?,26-/m0/s1. The predicted molar refractivity (Wildman–Crippen MR) is 138 cm³/mol. The lowest BCUT2D eigenvalue weighted by Crippen LogP contribution is -2.33. The van der Waals surface area contributed by atoms with Crippen molar-refractivity contribution in [1.82, 2.24) is 15.1 Å². The van der Waals surface area contributed by atoms with Crippen molar-refractivity contribution in [3.63, 3.8) is 0 Å². The number of benzene rings is 3. The van der Waals surface area contributed by atoms with Crippen LogP contribution in [0.15, 0.2) is 78.5 Å². The molecule has 0 radical (unpaired) electrons. The molecule has 2 aliphatic heterocycles. The van der Waals surface area contributed by atoms with E-state index in [4.69, 9.17) is 11.6 Å². The average Bonchev–Trinajstić information content (AvgIpc) is 3.47. The molecule has 9 heteroatoms. The van der Waals surface area contributed by atoms with Crippen molar-refractivity contribution < 1.29 is 22.8 Å². The Labute approximate surface area is 223 Å². The fraction of sp³-hybridized carbons (Fsp3) is 0.241. The fourth-order valence-corrected chi connectivity index (χ4v) is 5.29. The van der Waals surface area contributed by atoms with E-state index in [0.717, 1.165) is 29.8 Å². The predicted octanol–water partition coefficient (Wildman–Crippen LogP) is 5.59. The van der Waals surface area contributed by atoms with Gasteiger partial charge in [-0.15, -0.1) is 0 Å². The van der Waals surface area contributed by atoms with E-state index in [1.807, 2.05) is 30.3 Å². The quantitative estimate of drug-likeness (QED) is 0.426. The first-order valence-electron chi connectivity index (χ1n) is 12.3. The van der Waals surface area contributed by atoms with E-state index >= 15 is 0 Å². The number of hydrogen-bond donors (Lipinski definition) is 1. The van der Waals surface area contributed by atoms with Crippen LogP contribution in [-0.2, 0) is 0 Å². The Morgan fingerprint density at radius 3 is 2.45 bits per heavy atom. The molecule has 0 aromatic heterocycles. The lowest BCUT2D eigenvalue weighted by atomic mass is 10.0. The molecule has 5 rings (SSSR count). The second kappa shape index (κ2) is 11.0. The minimum Gasteiger partial charge on any atom is -0.345 e. The molecule has 0 aliphatic carbocycles. The van der Waals surface area contributed by atoms with Crippen LogP contribution in [-0.4, -0.2) is 47.8 Å². The molecule has 2 aliphatic rings. The number of fused-ring (bicyclic) bond motifs is 1. The van der Waals surface area contributed by atoms with Gasteiger partial charge in [0.25, 0.3) is 11.8 Å². The monoisotopic (exact) mass is 539 g/mol. The van der Waals surface area contributed by atoms with Crippen LogP contribution >= 0.6 is 11.6 Å². The van der Waals surface area contributed by atoms with Crippen molar-refractivity contribution in [2.24, 2.45) is 5.92 Å². The zero-order valence-corrected chi connectivity index (χ0v) is 21.1. The molecule has 2 heterocycles. The van der Waals surface area contributed by atoms with E-state index in [1.54, 1.807) is 6.20 Å². The van der Waals surface area contributed by atoms with Crippen molar-refractivity contribution in [3.8, 4) is 0 Å². The van der Waals surface area contributed by atoms with Crippen LogP contribution < -0.4 is 5.32 Å². The van der Waals surface area contributed by atoms with Gasteiger partial charge in [0.2, 0.25) is 0 Å². The third-order valence-corrected chi connectivity index (χ3v) is 7.32. The van der Waals surface area contributed by atoms with E-state index < -0.39 is 29.3 Å². The molecule has 1 saturated heterocycles. The third kappa shape index (κ3) is 5.47. The van der Waals surface area contributed by atoms with Gasteiger partial charge in [-0.2, -0.15) is 0 Å². The third-order valence-electron chi connectivity index (χ3n) is 7.01. The first kappa shape index (κ1) is 26.0. The Hall–Kier alpha value is -3.62. The maximum atomic E-state index is 14.2. The molecule has 0 saturated carbocycles. The number of nitrogens with zero attached hydrogens (tertiary/aromatic N) is 2. The van der Waals surface area contributed by atoms with Crippen molar-refractivity contribution in [1.29, 1.82) is 0 Å². The summed E-state index contributed by atoms with van der Waals surface area (Å²) in [4.78, 5) is 29.5. The van der Waals surface area contributed by atoms with E-state index in [-0.39, 0.29) is 28.1 Å². The molecular formula is C29H25ClF3N3O2. The van der Waals surface area contributed by atoms with E-state index in [1.165, 1.54) is 29.2 Å². The molecular weight excluding hydrogens is 515 g/mol. The molecule has 2 amide bonds. The lowest BCUT2D eigenvalue weighted by molar-refractivity contribution is 0.0816. The molecule has 1 fully saturated rings. The normalized spacial score (nSPS) is 17.7. The Bertz CT molecular complexity index is 1380. The number of amides is 2. The molecule has 3 aromatic carbocycles. The number of hydrogen-bond acceptors (Lipinski definition) is 3. The van der Waals surface area contributed by atoms with Crippen LogP contribution in [0.4, 0.5) is 13.2 Å². The second-order valence-corrected chi connectivity index (χ2v) is 9.95. The highest BCUT2D eigenvalue weighted by Gasteiger charge is 2.36. The van der Waals surface area contributed by atoms with Gasteiger partial charge in [-0.3, -0.25) is 14.5 Å². The fourth-order valence-electron chi connectivity index (χ4n) is 5.05. The number of rotatable bonds is 7. The summed E-state index contributed by atoms with van der Waals surface area (Å²) in [5.41, 5.74) is 1.92. The largest absolute Gasteiger partial charge is 0.345 e. The summed E-state index contributed by atoms with van der Waals surface area (Å²) < 4.78 is 41.2. The summed E-state index contributed by atoms with van der Waals surface area (Å²) in [5.74, 6) is -3.53. The molecule has 38 heavy (non-hydrogen) atoms. The zero-order chi connectivity index (χ0) is 26.8. The first-order valence-corrected chi connectivity index (χ1v) is 12.7. The van der Waals surface area contributed by atoms with Crippen LogP contribution in [0.2, 0.25) is 5.02 Å². The molecule has 0 bridgehead atoms. The van der Waals surface area contributed by atoms with Gasteiger partial charge in [0, 0.05) is 43.9 Å². The topological polar surface area (TPSA) is 52.7 Å². The van der Waals surface area contributed by atoms with Gasteiger partial charge in [-0.05, 0) is 47.9 Å². The number of carbonyl (C=O) groups excluding carboxylic acids is 2. The molecule has 5 nitrogen and oxygen atoms in total. The number of nitrogens with one attached hydrogen (secondary N) is 1. The van der Waals surface area contributed by atoms with E-state index in [0.29, 0.717) is 26.1 Å². The van der Waals surface area contributed by atoms with Gasteiger partial charge in [-0.1, -0.05) is 48.0 Å². The van der Waals surface area contributed by atoms with E-state index in [2.05, 4.69) is 10.2 Å². The van der Waals surface area contributed by atoms with Gasteiger partial charge in [0.05, 0.1) is 16.6 Å². The minimum atomic E-state index is -1.07. The second-order valence-electron chi connectivity index (χ2n) is 9.54. The highest BCUT2D eigenvalue weighted by molar-refractivity contribution is 6.33. The summed E-state index contributed by atoms with van der Waals surface area (Å²) in [6, 6.07) is 16.4. The first-order chi connectivity index (χ1) is 18.3. The van der Waals surface area contributed by atoms with Crippen molar-refractivity contribution in [2.45, 2.75) is 12.5 Å². The summed E-state index contributed by atoms with van der Waals surface area (Å²) in [5, 5.41) is 3.04. The zero-order valence-electron chi connectivity index (χ0n) is 20.3. The Kier molecular flexibility index (Phi) is 7.53. The van der Waals surface area contributed by atoms with Gasteiger partial charge in [-0.25, -0.2) is 13.2 Å². The van der Waals surface area contributed by atoms with Gasteiger partial charge >= 0.3 is 0 Å². The van der Waals surface area contributed by atoms with Gasteiger partial charge in [0.1, 0.15) is 5.82 Å². The summed E-state index contributed by atoms with van der Waals surface area (Å²) >= 11 is 6.08. The molecule has 1 unspecified atom stereocenters. The van der Waals surface area contributed by atoms with Crippen LogP contribution in [0.3, 0.4) is 0 Å². The van der Waals surface area contributed by atoms with E-state index in [9.17, 15) is 22.8 Å². The summed E-state index contributed by atoms with van der Waals surface area (Å²) in [7, 11) is 0. The minimum absolute atomic E-state index is 0.0467. The highest BCUT2D eigenvalue weighted by Crippen LogP contribution is 2.32. The number of likely N-dealkylation sites (tertiary alicyclic amines) is 1. The van der Waals surface area contributed by atoms with Crippen LogP contribution in [0.1, 0.15) is 38.7 Å². The summed E-state index contributed by atoms with van der Waals surface area (Å²) in [6.45, 7) is 2.49. The van der Waals surface area contributed by atoms with Crippen LogP contribution in [0.25, 0.3) is 0 Å². The molecule has 2 atom stereocenters. The maximum absolute atomic E-state index is 14.2. The molecule has 1 N–H and O–H groups in total. The summed E-state index contributed by atoms with van der Waals surface area (Å²) in [6.07, 6.45) is 2.38. The molecule has 0 spiro atoms. The Morgan fingerprint density at radius 2 is 1.74 bits per heavy atom. The Morgan fingerprint density at radius 1 is 0.947 bits per heavy atom. The highest BCUT2D eigenvalue weighted by atomic mass is 35.5. The lowest BCUT2D eigenvalue weighted by Gasteiger charge is -2.24. The Balaban J connectivity index is 1.23. The van der Waals surface area contributed by atoms with Crippen LogP contribution in [0.5, 0.6) is 0 Å². The SMILES string of the molecule is O=C(N[C@@H](CCN1CC2=CN(C(=O)c3c(F)cccc3Cl)CC2C1)c1ccccc1)c1ccc(F)c(F)c1. The van der Waals surface area contributed by atoms with Crippen molar-refractivity contribution in [3.05, 3.63) is 118 Å². The van der Waals surface area contributed by atoms with Gasteiger partial charge < -0.3 is 10.2 Å². The smallest absolute Gasteiger partial charge is 0.262 e. The van der Waals surface area contributed by atoms with Crippen molar-refractivity contribution >= 4 is 23.4 Å². The number of carbonyl (C=O) groups is 2. The van der Waals surface area contributed by atoms with Crippen LogP contribution in [0, 0.1) is 23.4 Å². The van der Waals surface area contributed by atoms with Crippen molar-refractivity contribution in [2.75, 3.05) is 26.2 Å². The van der Waals surface area contributed by atoms with Gasteiger partial charge in [0.15, 0.2) is 11.6 Å².